The van der Waals surface area contributed by atoms with Crippen molar-refractivity contribution in [2.75, 3.05) is 0 Å². The van der Waals surface area contributed by atoms with Gasteiger partial charge in [-0.3, -0.25) is 0 Å². The van der Waals surface area contributed by atoms with Gasteiger partial charge >= 0.3 is 0 Å². The van der Waals surface area contributed by atoms with Gasteiger partial charge in [0, 0.05) is 0 Å². The van der Waals surface area contributed by atoms with E-state index in [-0.39, 0.29) is 0 Å². The van der Waals surface area contributed by atoms with E-state index in [9.17, 15) is 0 Å². The normalized spacial score (nSPS) is 33.8. The van der Waals surface area contributed by atoms with Crippen LogP contribution in [0.4, 0.5) is 0 Å². The zero-order valence-corrected chi connectivity index (χ0v) is 7.92. The Morgan fingerprint density at radius 3 is 2.20 bits per heavy atom. The van der Waals surface area contributed by atoms with Crippen molar-refractivity contribution in [3.05, 3.63) is 11.9 Å². The van der Waals surface area contributed by atoms with Crippen LogP contribution in [0, 0.1) is 11.8 Å². The predicted octanol–water partition coefficient (Wildman–Crippen LogP) is 3.20. The van der Waals surface area contributed by atoms with Gasteiger partial charge in [-0.2, -0.15) is 0 Å². The Hall–Kier alpha value is 0.170. The van der Waals surface area contributed by atoms with Crippen LogP contribution in [0.2, 0.25) is 0 Å². The first-order chi connectivity index (χ1) is 4.70. The molecule has 1 atom stereocenters. The van der Waals surface area contributed by atoms with Gasteiger partial charge < -0.3 is 0 Å². The highest BCUT2D eigenvalue weighted by molar-refractivity contribution is 7.22. The Bertz CT molecular complexity index is 121. The van der Waals surface area contributed by atoms with Crippen molar-refractivity contribution in [1.29, 1.82) is 0 Å². The molecule has 1 saturated carbocycles. The monoisotopic (exact) mass is 156 g/mol. The zero-order chi connectivity index (χ0) is 7.56. The third-order valence-corrected chi connectivity index (χ3v) is 3.01. The smallest absolute Gasteiger partial charge is 0.0168 e. The Morgan fingerprint density at radius 2 is 1.80 bits per heavy atom. The average molecular weight is 156 g/mol. The van der Waals surface area contributed by atoms with E-state index in [1.54, 1.807) is 0 Å². The highest BCUT2D eigenvalue weighted by atomic mass is 31.0. The molecule has 0 aromatic carbocycles. The van der Waals surface area contributed by atoms with E-state index in [2.05, 4.69) is 22.7 Å². The summed E-state index contributed by atoms with van der Waals surface area (Å²) in [6, 6.07) is 0. The van der Waals surface area contributed by atoms with E-state index >= 15 is 0 Å². The third-order valence-electron chi connectivity index (χ3n) is 2.54. The van der Waals surface area contributed by atoms with Crippen molar-refractivity contribution in [3.8, 4) is 0 Å². The molecular weight excluding hydrogens is 139 g/mol. The van der Waals surface area contributed by atoms with Crippen molar-refractivity contribution in [2.45, 2.75) is 32.6 Å². The summed E-state index contributed by atoms with van der Waals surface area (Å²) < 4.78 is 0. The fraction of sp³-hybridized carbons (Fsp3) is 0.778. The second-order valence-corrected chi connectivity index (χ2v) is 4.27. The van der Waals surface area contributed by atoms with Crippen LogP contribution in [0.25, 0.3) is 0 Å². The van der Waals surface area contributed by atoms with Gasteiger partial charge in [0.05, 0.1) is 0 Å². The van der Waals surface area contributed by atoms with Crippen molar-refractivity contribution >= 4 is 9.24 Å². The van der Waals surface area contributed by atoms with Gasteiger partial charge in [-0.1, -0.05) is 31.7 Å². The molecule has 0 heterocycles. The van der Waals surface area contributed by atoms with Crippen LogP contribution in [0.15, 0.2) is 11.9 Å². The second-order valence-electron chi connectivity index (χ2n) is 3.53. The van der Waals surface area contributed by atoms with Gasteiger partial charge in [0.15, 0.2) is 0 Å². The van der Waals surface area contributed by atoms with E-state index in [1.165, 1.54) is 31.0 Å². The number of allylic oxidation sites excluding steroid dienone is 1. The van der Waals surface area contributed by atoms with E-state index < -0.39 is 0 Å². The maximum atomic E-state index is 3.97. The van der Waals surface area contributed by atoms with Gasteiger partial charge in [-0.25, -0.2) is 0 Å². The molecule has 1 fully saturated rings. The average Bonchev–Trinajstić information content (AvgIpc) is 1.88. The van der Waals surface area contributed by atoms with Gasteiger partial charge in [-0.05, 0) is 24.7 Å². The summed E-state index contributed by atoms with van der Waals surface area (Å²) in [4.78, 5) is 0. The van der Waals surface area contributed by atoms with Crippen LogP contribution in [-0.4, -0.2) is 0 Å². The Kier molecular flexibility index (Phi) is 2.92. The Balaban J connectivity index is 2.33. The summed E-state index contributed by atoms with van der Waals surface area (Å²) in [5.41, 5.74) is 0. The standard InChI is InChI=1S/C9H17P/c1-7-3-5-9(6-4-7)8(2)10/h7,9H,2-6,10H2,1H3. The number of rotatable bonds is 1. The minimum Gasteiger partial charge on any atom is -0.110 e. The molecule has 0 spiro atoms. The molecule has 1 aliphatic rings. The van der Waals surface area contributed by atoms with Crippen LogP contribution in [0.3, 0.4) is 0 Å². The first kappa shape index (κ1) is 8.27. The quantitative estimate of drug-likeness (QED) is 0.511. The van der Waals surface area contributed by atoms with E-state index in [0.717, 1.165) is 11.8 Å². The van der Waals surface area contributed by atoms with Crippen LogP contribution in [0.1, 0.15) is 32.6 Å². The lowest BCUT2D eigenvalue weighted by Gasteiger charge is -2.25. The lowest BCUT2D eigenvalue weighted by atomic mass is 9.83. The summed E-state index contributed by atoms with van der Waals surface area (Å²) >= 11 is 0. The minimum atomic E-state index is 0.807. The van der Waals surface area contributed by atoms with Crippen molar-refractivity contribution in [3.63, 3.8) is 0 Å². The Labute approximate surface area is 66.3 Å². The Morgan fingerprint density at radius 1 is 1.30 bits per heavy atom. The SMILES string of the molecule is C=C(P)C1CCC(C)CC1. The predicted molar refractivity (Wildman–Crippen MR) is 50.0 cm³/mol. The van der Waals surface area contributed by atoms with E-state index in [0.29, 0.717) is 0 Å². The topological polar surface area (TPSA) is 0 Å². The molecular formula is C9H17P. The molecule has 0 aliphatic heterocycles. The molecule has 0 aromatic rings. The summed E-state index contributed by atoms with van der Waals surface area (Å²) in [5, 5.41) is 1.31. The molecule has 0 amide bonds. The first-order valence-corrected chi connectivity index (χ1v) is 4.72. The minimum absolute atomic E-state index is 0.807. The lowest BCUT2D eigenvalue weighted by molar-refractivity contribution is 0.328. The van der Waals surface area contributed by atoms with Crippen molar-refractivity contribution in [2.24, 2.45) is 11.8 Å². The third kappa shape index (κ3) is 2.09. The molecule has 1 aliphatic carbocycles. The van der Waals surface area contributed by atoms with Gasteiger partial charge in [0.25, 0.3) is 0 Å². The molecule has 1 rings (SSSR count). The van der Waals surface area contributed by atoms with Crippen LogP contribution in [-0.2, 0) is 0 Å². The van der Waals surface area contributed by atoms with Crippen molar-refractivity contribution < 1.29 is 0 Å². The van der Waals surface area contributed by atoms with Crippen LogP contribution < -0.4 is 0 Å². The number of hydrogen-bond acceptors (Lipinski definition) is 0. The van der Waals surface area contributed by atoms with Crippen LogP contribution >= 0.6 is 9.24 Å². The molecule has 0 aromatic heterocycles. The zero-order valence-electron chi connectivity index (χ0n) is 6.77. The molecule has 0 nitrogen and oxygen atoms in total. The van der Waals surface area contributed by atoms with Crippen LogP contribution in [0.5, 0.6) is 0 Å². The fourth-order valence-corrected chi connectivity index (χ4v) is 1.96. The summed E-state index contributed by atoms with van der Waals surface area (Å²) in [5.74, 6) is 1.77. The molecule has 1 heteroatoms. The van der Waals surface area contributed by atoms with E-state index in [4.69, 9.17) is 0 Å². The lowest BCUT2D eigenvalue weighted by Crippen LogP contribution is -2.11. The first-order valence-electron chi connectivity index (χ1n) is 4.14. The highest BCUT2D eigenvalue weighted by Crippen LogP contribution is 2.34. The van der Waals surface area contributed by atoms with E-state index in [1.807, 2.05) is 0 Å². The molecule has 58 valence electrons. The fourth-order valence-electron chi connectivity index (χ4n) is 1.63. The summed E-state index contributed by atoms with van der Waals surface area (Å²) in [6.45, 7) is 6.32. The maximum Gasteiger partial charge on any atom is -0.0168 e. The molecule has 0 saturated heterocycles. The van der Waals surface area contributed by atoms with Gasteiger partial charge in [-0.15, -0.1) is 9.24 Å². The number of hydrogen-bond donors (Lipinski definition) is 0. The maximum absolute atomic E-state index is 3.97. The molecule has 0 bridgehead atoms. The van der Waals surface area contributed by atoms with Gasteiger partial charge in [0.1, 0.15) is 0 Å². The molecule has 0 N–H and O–H groups in total. The molecule has 1 unspecified atom stereocenters. The van der Waals surface area contributed by atoms with Crippen molar-refractivity contribution in [1.82, 2.24) is 0 Å². The second kappa shape index (κ2) is 3.53. The van der Waals surface area contributed by atoms with Gasteiger partial charge in [0.2, 0.25) is 0 Å². The summed E-state index contributed by atoms with van der Waals surface area (Å²) in [7, 11) is 2.74. The summed E-state index contributed by atoms with van der Waals surface area (Å²) in [6.07, 6.45) is 5.53. The largest absolute Gasteiger partial charge is 0.110 e. The highest BCUT2D eigenvalue weighted by Gasteiger charge is 2.17. The molecule has 0 radical (unpaired) electrons. The molecule has 10 heavy (non-hydrogen) atoms.